The van der Waals surface area contributed by atoms with Crippen molar-refractivity contribution >= 4 is 5.78 Å². The van der Waals surface area contributed by atoms with Gasteiger partial charge in [-0.2, -0.15) is 0 Å². The summed E-state index contributed by atoms with van der Waals surface area (Å²) in [7, 11) is 2.01. The maximum Gasteiger partial charge on any atom is 0.192 e. The number of likely N-dealkylation sites (N-methyl/N-ethyl adjacent to an activating group) is 1. The number of nitrogens with one attached hydrogen (secondary N) is 2. The fourth-order valence-electron chi connectivity index (χ4n) is 2.21. The third-order valence-corrected chi connectivity index (χ3v) is 3.04. The zero-order chi connectivity index (χ0) is 11.4. The molecule has 0 aromatic carbocycles. The molecule has 88 valence electrons. The second-order valence-corrected chi connectivity index (χ2v) is 4.56. The van der Waals surface area contributed by atoms with E-state index in [1.165, 1.54) is 6.42 Å². The average Bonchev–Trinajstić information content (AvgIpc) is 2.88. The summed E-state index contributed by atoms with van der Waals surface area (Å²) in [5.41, 5.74) is 0.705. The van der Waals surface area contributed by atoms with E-state index < -0.39 is 0 Å². The third-order valence-electron chi connectivity index (χ3n) is 3.04. The van der Waals surface area contributed by atoms with Crippen molar-refractivity contribution in [1.82, 2.24) is 15.2 Å². The molecular weight excluding hydrogens is 202 g/mol. The summed E-state index contributed by atoms with van der Waals surface area (Å²) >= 11 is 0. The highest BCUT2D eigenvalue weighted by Gasteiger charge is 2.18. The lowest BCUT2D eigenvalue weighted by Crippen LogP contribution is -2.31. The lowest BCUT2D eigenvalue weighted by atomic mass is 10.1. The third kappa shape index (κ3) is 2.93. The first-order chi connectivity index (χ1) is 7.75. The first-order valence-electron chi connectivity index (χ1n) is 5.81. The van der Waals surface area contributed by atoms with E-state index >= 15 is 0 Å². The smallest absolute Gasteiger partial charge is 0.192 e. The SMILES string of the molecule is CN(CC(=O)c1ccc[nH]1)C[C@H]1CCNC1. The van der Waals surface area contributed by atoms with Crippen molar-refractivity contribution in [3.63, 3.8) is 0 Å². The van der Waals surface area contributed by atoms with Gasteiger partial charge in [0.25, 0.3) is 0 Å². The second-order valence-electron chi connectivity index (χ2n) is 4.56. The molecule has 1 aliphatic rings. The Balaban J connectivity index is 1.78. The molecule has 0 spiro atoms. The lowest BCUT2D eigenvalue weighted by molar-refractivity contribution is 0.0935. The van der Waals surface area contributed by atoms with Crippen LogP contribution in [0.4, 0.5) is 0 Å². The highest BCUT2D eigenvalue weighted by atomic mass is 16.1. The van der Waals surface area contributed by atoms with Crippen LogP contribution in [-0.4, -0.2) is 48.9 Å². The van der Waals surface area contributed by atoms with E-state index in [2.05, 4.69) is 15.2 Å². The van der Waals surface area contributed by atoms with Crippen LogP contribution in [0.1, 0.15) is 16.9 Å². The summed E-state index contributed by atoms with van der Waals surface area (Å²) in [6.07, 6.45) is 3.01. The van der Waals surface area contributed by atoms with Crippen LogP contribution in [-0.2, 0) is 0 Å². The van der Waals surface area contributed by atoms with Crippen molar-refractivity contribution in [2.24, 2.45) is 5.92 Å². The first kappa shape index (κ1) is 11.4. The van der Waals surface area contributed by atoms with Gasteiger partial charge in [0.15, 0.2) is 5.78 Å². The van der Waals surface area contributed by atoms with Gasteiger partial charge in [0.1, 0.15) is 0 Å². The minimum atomic E-state index is 0.165. The molecule has 1 saturated heterocycles. The zero-order valence-corrected chi connectivity index (χ0v) is 9.70. The Kier molecular flexibility index (Phi) is 3.74. The molecule has 1 aromatic heterocycles. The topological polar surface area (TPSA) is 48.1 Å². The Hall–Kier alpha value is -1.13. The van der Waals surface area contributed by atoms with Crippen LogP contribution in [0.3, 0.4) is 0 Å². The van der Waals surface area contributed by atoms with Crippen molar-refractivity contribution in [2.45, 2.75) is 6.42 Å². The molecule has 0 unspecified atom stereocenters. The number of Topliss-reactive ketones (excluding diaryl/α,β-unsaturated/α-hetero) is 1. The molecule has 4 nitrogen and oxygen atoms in total. The lowest BCUT2D eigenvalue weighted by Gasteiger charge is -2.19. The Bertz CT molecular complexity index is 328. The van der Waals surface area contributed by atoms with Crippen molar-refractivity contribution in [3.05, 3.63) is 24.0 Å². The number of hydrogen-bond acceptors (Lipinski definition) is 3. The van der Waals surface area contributed by atoms with Crippen molar-refractivity contribution in [1.29, 1.82) is 0 Å². The van der Waals surface area contributed by atoms with E-state index in [-0.39, 0.29) is 5.78 Å². The largest absolute Gasteiger partial charge is 0.359 e. The Labute approximate surface area is 96.0 Å². The van der Waals surface area contributed by atoms with Gasteiger partial charge >= 0.3 is 0 Å². The van der Waals surface area contributed by atoms with E-state index in [1.54, 1.807) is 6.20 Å². The predicted molar refractivity (Wildman–Crippen MR) is 63.6 cm³/mol. The van der Waals surface area contributed by atoms with Gasteiger partial charge in [-0.05, 0) is 44.6 Å². The fraction of sp³-hybridized carbons (Fsp3) is 0.583. The van der Waals surface area contributed by atoms with Gasteiger partial charge in [-0.25, -0.2) is 0 Å². The second kappa shape index (κ2) is 5.27. The Morgan fingerprint density at radius 2 is 2.50 bits per heavy atom. The normalized spacial score (nSPS) is 20.5. The Morgan fingerprint density at radius 3 is 3.12 bits per heavy atom. The summed E-state index contributed by atoms with van der Waals surface area (Å²) in [5, 5.41) is 3.34. The molecule has 1 fully saturated rings. The molecule has 0 amide bonds. The number of nitrogens with zero attached hydrogens (tertiary/aromatic N) is 1. The van der Waals surface area contributed by atoms with Gasteiger partial charge in [0, 0.05) is 12.7 Å². The number of ketones is 1. The number of hydrogen-bond donors (Lipinski definition) is 2. The maximum atomic E-state index is 11.8. The molecule has 1 aromatic rings. The van der Waals surface area contributed by atoms with E-state index in [0.29, 0.717) is 18.2 Å². The first-order valence-corrected chi connectivity index (χ1v) is 5.81. The number of H-pyrrole nitrogens is 1. The van der Waals surface area contributed by atoms with E-state index in [9.17, 15) is 4.79 Å². The van der Waals surface area contributed by atoms with Gasteiger partial charge in [0.05, 0.1) is 12.2 Å². The number of aromatic nitrogens is 1. The molecule has 2 rings (SSSR count). The Morgan fingerprint density at radius 1 is 1.62 bits per heavy atom. The number of aromatic amines is 1. The van der Waals surface area contributed by atoms with Gasteiger partial charge in [-0.3, -0.25) is 9.69 Å². The minimum absolute atomic E-state index is 0.165. The molecule has 1 aliphatic heterocycles. The number of rotatable bonds is 5. The average molecular weight is 221 g/mol. The zero-order valence-electron chi connectivity index (χ0n) is 9.70. The van der Waals surface area contributed by atoms with Crippen molar-refractivity contribution < 1.29 is 4.79 Å². The summed E-state index contributed by atoms with van der Waals surface area (Å²) in [5.74, 6) is 0.861. The fourth-order valence-corrected chi connectivity index (χ4v) is 2.21. The summed E-state index contributed by atoms with van der Waals surface area (Å²) < 4.78 is 0. The van der Waals surface area contributed by atoms with E-state index in [1.807, 2.05) is 19.2 Å². The molecule has 0 saturated carbocycles. The van der Waals surface area contributed by atoms with Crippen LogP contribution in [0.2, 0.25) is 0 Å². The molecule has 2 heterocycles. The standard InChI is InChI=1S/C12H19N3O/c1-15(8-10-4-6-13-7-10)9-12(16)11-3-2-5-14-11/h2-3,5,10,13-14H,4,6-9H2,1H3/t10-/m0/s1. The van der Waals surface area contributed by atoms with E-state index in [4.69, 9.17) is 0 Å². The van der Waals surface area contributed by atoms with Gasteiger partial charge in [-0.15, -0.1) is 0 Å². The highest BCUT2D eigenvalue weighted by molar-refractivity contribution is 5.95. The van der Waals surface area contributed by atoms with Crippen LogP contribution >= 0.6 is 0 Å². The molecule has 0 aliphatic carbocycles. The molecular formula is C12H19N3O. The van der Waals surface area contributed by atoms with Crippen LogP contribution in [0.15, 0.2) is 18.3 Å². The maximum absolute atomic E-state index is 11.8. The van der Waals surface area contributed by atoms with Crippen molar-refractivity contribution in [3.8, 4) is 0 Å². The number of carbonyl (C=O) groups excluding carboxylic acids is 1. The summed E-state index contributed by atoms with van der Waals surface area (Å²) in [6.45, 7) is 3.70. The molecule has 1 atom stereocenters. The van der Waals surface area contributed by atoms with Gasteiger partial charge in [0.2, 0.25) is 0 Å². The highest BCUT2D eigenvalue weighted by Crippen LogP contribution is 2.09. The molecule has 16 heavy (non-hydrogen) atoms. The van der Waals surface area contributed by atoms with Crippen LogP contribution < -0.4 is 5.32 Å². The monoisotopic (exact) mass is 221 g/mol. The predicted octanol–water partition coefficient (Wildman–Crippen LogP) is 0.739. The molecule has 0 bridgehead atoms. The molecule has 4 heteroatoms. The summed E-state index contributed by atoms with van der Waals surface area (Å²) in [6, 6.07) is 3.68. The minimum Gasteiger partial charge on any atom is -0.359 e. The van der Waals surface area contributed by atoms with Crippen LogP contribution in [0.5, 0.6) is 0 Å². The summed E-state index contributed by atoms with van der Waals surface area (Å²) in [4.78, 5) is 16.9. The van der Waals surface area contributed by atoms with Gasteiger partial charge < -0.3 is 10.3 Å². The van der Waals surface area contributed by atoms with Crippen molar-refractivity contribution in [2.75, 3.05) is 33.2 Å². The molecule has 2 N–H and O–H groups in total. The van der Waals surface area contributed by atoms with Crippen LogP contribution in [0.25, 0.3) is 0 Å². The quantitative estimate of drug-likeness (QED) is 0.721. The molecule has 0 radical (unpaired) electrons. The van der Waals surface area contributed by atoms with E-state index in [0.717, 1.165) is 19.6 Å². The number of carbonyl (C=O) groups is 1. The van der Waals surface area contributed by atoms with Crippen LogP contribution in [0, 0.1) is 5.92 Å². The van der Waals surface area contributed by atoms with Gasteiger partial charge in [-0.1, -0.05) is 0 Å².